The first-order valence-corrected chi connectivity index (χ1v) is 6.77. The fraction of sp³-hybridized carbons (Fsp3) is 0.375. The van der Waals surface area contributed by atoms with Crippen LogP contribution in [0.15, 0.2) is 22.8 Å². The number of nitrogens with zero attached hydrogens (tertiary/aromatic N) is 1. The minimum Gasteiger partial charge on any atom is -0.480 e. The summed E-state index contributed by atoms with van der Waals surface area (Å²) in [5, 5.41) is 9.86. The SMILES string of the molecule is Cc1ccc2c(CC(=O)N(C)C(C)C(=O)O)coc2c1C. The zero-order valence-corrected chi connectivity index (χ0v) is 12.6. The second-order valence-electron chi connectivity index (χ2n) is 5.34. The lowest BCUT2D eigenvalue weighted by Gasteiger charge is -2.21. The van der Waals surface area contributed by atoms with Crippen molar-refractivity contribution >= 4 is 22.8 Å². The Labute approximate surface area is 123 Å². The molecule has 0 aliphatic rings. The van der Waals surface area contributed by atoms with Gasteiger partial charge in [-0.3, -0.25) is 4.79 Å². The van der Waals surface area contributed by atoms with Gasteiger partial charge < -0.3 is 14.4 Å². The standard InChI is InChI=1S/C16H19NO4/c1-9-5-6-13-12(8-21-15(13)10(9)2)7-14(18)17(4)11(3)16(19)20/h5-6,8,11H,7H2,1-4H3,(H,19,20). The Balaban J connectivity index is 2.26. The predicted molar refractivity (Wildman–Crippen MR) is 79.3 cm³/mol. The third kappa shape index (κ3) is 2.77. The van der Waals surface area contributed by atoms with E-state index in [0.717, 1.165) is 27.7 Å². The van der Waals surface area contributed by atoms with Crippen molar-refractivity contribution in [3.63, 3.8) is 0 Å². The summed E-state index contributed by atoms with van der Waals surface area (Å²) in [6, 6.07) is 3.08. The van der Waals surface area contributed by atoms with E-state index in [1.165, 1.54) is 18.9 Å². The van der Waals surface area contributed by atoms with E-state index in [0.29, 0.717) is 0 Å². The highest BCUT2D eigenvalue weighted by atomic mass is 16.4. The molecule has 5 nitrogen and oxygen atoms in total. The molecule has 5 heteroatoms. The third-order valence-electron chi connectivity index (χ3n) is 4.02. The minimum absolute atomic E-state index is 0.129. The molecule has 0 radical (unpaired) electrons. The molecule has 1 aromatic heterocycles. The first kappa shape index (κ1) is 15.1. The topological polar surface area (TPSA) is 70.8 Å². The van der Waals surface area contributed by atoms with Crippen molar-refractivity contribution in [2.45, 2.75) is 33.2 Å². The van der Waals surface area contributed by atoms with Gasteiger partial charge in [0.1, 0.15) is 11.6 Å². The van der Waals surface area contributed by atoms with Crippen molar-refractivity contribution in [3.8, 4) is 0 Å². The van der Waals surface area contributed by atoms with Gasteiger partial charge in [-0.15, -0.1) is 0 Å². The Morgan fingerprint density at radius 3 is 2.62 bits per heavy atom. The van der Waals surface area contributed by atoms with Crippen molar-refractivity contribution in [3.05, 3.63) is 35.1 Å². The van der Waals surface area contributed by atoms with E-state index in [-0.39, 0.29) is 12.3 Å². The molecule has 0 fully saturated rings. The van der Waals surface area contributed by atoms with Crippen LogP contribution in [0.2, 0.25) is 0 Å². The van der Waals surface area contributed by atoms with Crippen LogP contribution in [-0.2, 0) is 16.0 Å². The summed E-state index contributed by atoms with van der Waals surface area (Å²) >= 11 is 0. The highest BCUT2D eigenvalue weighted by molar-refractivity contribution is 5.90. The molecular weight excluding hydrogens is 270 g/mol. The van der Waals surface area contributed by atoms with Crippen LogP contribution in [0.25, 0.3) is 11.0 Å². The Bertz CT molecular complexity index is 702. The number of aryl methyl sites for hydroxylation is 2. The number of amides is 1. The summed E-state index contributed by atoms with van der Waals surface area (Å²) in [6.07, 6.45) is 1.71. The van der Waals surface area contributed by atoms with Crippen LogP contribution in [0.5, 0.6) is 0 Å². The van der Waals surface area contributed by atoms with Gasteiger partial charge in [0.15, 0.2) is 0 Å². The van der Waals surface area contributed by atoms with Crippen LogP contribution >= 0.6 is 0 Å². The zero-order valence-electron chi connectivity index (χ0n) is 12.6. The lowest BCUT2D eigenvalue weighted by Crippen LogP contribution is -2.40. The smallest absolute Gasteiger partial charge is 0.326 e. The van der Waals surface area contributed by atoms with Crippen LogP contribution in [0.3, 0.4) is 0 Å². The fourth-order valence-corrected chi connectivity index (χ4v) is 2.19. The van der Waals surface area contributed by atoms with Crippen molar-refractivity contribution in [1.82, 2.24) is 4.90 Å². The van der Waals surface area contributed by atoms with Crippen LogP contribution in [0.4, 0.5) is 0 Å². The van der Waals surface area contributed by atoms with Gasteiger partial charge in [0, 0.05) is 18.0 Å². The molecule has 1 N–H and O–H groups in total. The molecule has 112 valence electrons. The zero-order chi connectivity index (χ0) is 15.7. The molecule has 1 unspecified atom stereocenters. The molecular formula is C16H19NO4. The average molecular weight is 289 g/mol. The molecule has 21 heavy (non-hydrogen) atoms. The molecule has 1 amide bonds. The number of carbonyl (C=O) groups is 2. The third-order valence-corrected chi connectivity index (χ3v) is 4.02. The Morgan fingerprint density at radius 1 is 1.33 bits per heavy atom. The molecule has 0 spiro atoms. The number of carboxylic acids is 1. The summed E-state index contributed by atoms with van der Waals surface area (Å²) in [5.74, 6) is -1.26. The molecule has 0 aliphatic carbocycles. The van der Waals surface area contributed by atoms with E-state index in [2.05, 4.69) is 0 Å². The number of carbonyl (C=O) groups excluding carboxylic acids is 1. The Morgan fingerprint density at radius 2 is 2.00 bits per heavy atom. The summed E-state index contributed by atoms with van der Waals surface area (Å²) in [6.45, 7) is 5.47. The Kier molecular flexibility index (Phi) is 4.02. The minimum atomic E-state index is -1.02. The van der Waals surface area contributed by atoms with E-state index < -0.39 is 12.0 Å². The molecule has 0 saturated heterocycles. The average Bonchev–Trinajstić information content (AvgIpc) is 2.84. The number of likely N-dealkylation sites (N-methyl/N-ethyl adjacent to an activating group) is 1. The van der Waals surface area contributed by atoms with Gasteiger partial charge in [-0.25, -0.2) is 4.79 Å². The van der Waals surface area contributed by atoms with E-state index in [1.807, 2.05) is 26.0 Å². The van der Waals surface area contributed by atoms with Gasteiger partial charge in [-0.1, -0.05) is 12.1 Å². The monoisotopic (exact) mass is 289 g/mol. The summed E-state index contributed by atoms with van der Waals surface area (Å²) in [5.41, 5.74) is 3.75. The fourth-order valence-electron chi connectivity index (χ4n) is 2.19. The molecule has 1 atom stereocenters. The normalized spacial score (nSPS) is 12.4. The van der Waals surface area contributed by atoms with Crippen LogP contribution < -0.4 is 0 Å². The van der Waals surface area contributed by atoms with Gasteiger partial charge >= 0.3 is 5.97 Å². The van der Waals surface area contributed by atoms with E-state index in [4.69, 9.17) is 9.52 Å². The number of rotatable bonds is 4. The summed E-state index contributed by atoms with van der Waals surface area (Å²) < 4.78 is 5.56. The van der Waals surface area contributed by atoms with Crippen molar-refractivity contribution < 1.29 is 19.1 Å². The largest absolute Gasteiger partial charge is 0.480 e. The number of furan rings is 1. The van der Waals surface area contributed by atoms with Crippen LogP contribution in [0, 0.1) is 13.8 Å². The summed E-state index contributed by atoms with van der Waals surface area (Å²) in [4.78, 5) is 24.3. The van der Waals surface area contributed by atoms with Crippen LogP contribution in [0.1, 0.15) is 23.6 Å². The first-order valence-electron chi connectivity index (χ1n) is 6.77. The maximum Gasteiger partial charge on any atom is 0.326 e. The lowest BCUT2D eigenvalue weighted by molar-refractivity contribution is -0.147. The summed E-state index contributed by atoms with van der Waals surface area (Å²) in [7, 11) is 1.50. The quantitative estimate of drug-likeness (QED) is 0.939. The maximum atomic E-state index is 12.2. The molecule has 2 rings (SSSR count). The highest BCUT2D eigenvalue weighted by Crippen LogP contribution is 2.27. The van der Waals surface area contributed by atoms with E-state index in [9.17, 15) is 9.59 Å². The molecule has 1 heterocycles. The number of carboxylic acid groups (broad SMARTS) is 1. The molecule has 0 aliphatic heterocycles. The lowest BCUT2D eigenvalue weighted by atomic mass is 10.0. The Hall–Kier alpha value is -2.30. The van der Waals surface area contributed by atoms with E-state index >= 15 is 0 Å². The number of fused-ring (bicyclic) bond motifs is 1. The predicted octanol–water partition coefficient (Wildman–Crippen LogP) is 2.52. The molecule has 0 saturated carbocycles. The molecule has 1 aromatic carbocycles. The number of aliphatic carboxylic acids is 1. The van der Waals surface area contributed by atoms with Crippen LogP contribution in [-0.4, -0.2) is 35.0 Å². The first-order chi connectivity index (χ1) is 9.82. The van der Waals surface area contributed by atoms with Crippen molar-refractivity contribution in [2.75, 3.05) is 7.05 Å². The maximum absolute atomic E-state index is 12.2. The number of hydrogen-bond donors (Lipinski definition) is 1. The molecule has 2 aromatic rings. The van der Waals surface area contributed by atoms with Gasteiger partial charge in [0.25, 0.3) is 0 Å². The van der Waals surface area contributed by atoms with Gasteiger partial charge in [0.2, 0.25) is 5.91 Å². The number of hydrogen-bond acceptors (Lipinski definition) is 3. The second-order valence-corrected chi connectivity index (χ2v) is 5.34. The van der Waals surface area contributed by atoms with Crippen molar-refractivity contribution in [2.24, 2.45) is 0 Å². The highest BCUT2D eigenvalue weighted by Gasteiger charge is 2.23. The van der Waals surface area contributed by atoms with Crippen molar-refractivity contribution in [1.29, 1.82) is 0 Å². The van der Waals surface area contributed by atoms with Gasteiger partial charge in [-0.2, -0.15) is 0 Å². The number of benzene rings is 1. The van der Waals surface area contributed by atoms with Gasteiger partial charge in [-0.05, 0) is 31.9 Å². The molecule has 0 bridgehead atoms. The van der Waals surface area contributed by atoms with Gasteiger partial charge in [0.05, 0.1) is 12.7 Å². The van der Waals surface area contributed by atoms with E-state index in [1.54, 1.807) is 6.26 Å². The second kappa shape index (κ2) is 5.60.